The van der Waals surface area contributed by atoms with Crippen LogP contribution in [0.2, 0.25) is 0 Å². The molecule has 3 N–H and O–H groups in total. The number of aromatic nitrogens is 1. The Labute approximate surface area is 121 Å². The lowest BCUT2D eigenvalue weighted by atomic mass is 10.1. The van der Waals surface area contributed by atoms with Gasteiger partial charge < -0.3 is 15.8 Å². The highest BCUT2D eigenvalue weighted by molar-refractivity contribution is 7.09. The second kappa shape index (κ2) is 6.38. The molecule has 0 saturated carbocycles. The van der Waals surface area contributed by atoms with Gasteiger partial charge in [0.25, 0.3) is 5.91 Å². The molecule has 0 aliphatic rings. The van der Waals surface area contributed by atoms with Gasteiger partial charge in [0.2, 0.25) is 0 Å². The van der Waals surface area contributed by atoms with Crippen molar-refractivity contribution in [1.82, 2.24) is 10.3 Å². The Kier molecular flexibility index (Phi) is 4.57. The molecule has 2 rings (SSSR count). The van der Waals surface area contributed by atoms with Crippen molar-refractivity contribution in [3.63, 3.8) is 0 Å². The zero-order chi connectivity index (χ0) is 14.5. The highest BCUT2D eigenvalue weighted by Gasteiger charge is 2.10. The number of thiazole rings is 1. The largest absolute Gasteiger partial charge is 0.497 e. The van der Waals surface area contributed by atoms with E-state index in [9.17, 15) is 4.79 Å². The number of methoxy groups -OCH3 is 1. The van der Waals surface area contributed by atoms with Crippen molar-refractivity contribution < 1.29 is 9.53 Å². The van der Waals surface area contributed by atoms with Crippen LogP contribution in [0.15, 0.2) is 23.6 Å². The molecule has 0 radical (unpaired) electrons. The van der Waals surface area contributed by atoms with Crippen LogP contribution in [0.1, 0.15) is 21.1 Å². The maximum atomic E-state index is 12.1. The lowest BCUT2D eigenvalue weighted by Gasteiger charge is -2.08. The van der Waals surface area contributed by atoms with Crippen molar-refractivity contribution >= 4 is 22.9 Å². The maximum Gasteiger partial charge on any atom is 0.253 e. The van der Waals surface area contributed by atoms with E-state index in [1.165, 1.54) is 0 Å². The molecular formula is C14H17N3O2S. The number of carbonyl (C=O) groups is 1. The summed E-state index contributed by atoms with van der Waals surface area (Å²) >= 11 is 1.60. The maximum absolute atomic E-state index is 12.1. The monoisotopic (exact) mass is 291 g/mol. The van der Waals surface area contributed by atoms with Gasteiger partial charge in [0.15, 0.2) is 0 Å². The summed E-state index contributed by atoms with van der Waals surface area (Å²) < 4.78 is 5.09. The minimum atomic E-state index is -0.199. The molecule has 1 heterocycles. The number of ether oxygens (including phenoxy) is 1. The predicted molar refractivity (Wildman–Crippen MR) is 80.3 cm³/mol. The molecular weight excluding hydrogens is 274 g/mol. The number of nitrogens with one attached hydrogen (secondary N) is 1. The minimum absolute atomic E-state index is 0.199. The zero-order valence-electron chi connectivity index (χ0n) is 11.5. The Morgan fingerprint density at radius 3 is 2.95 bits per heavy atom. The summed E-state index contributed by atoms with van der Waals surface area (Å²) in [4.78, 5) is 16.4. The molecule has 5 nitrogen and oxygen atoms in total. The summed E-state index contributed by atoms with van der Waals surface area (Å²) in [6.45, 7) is 2.48. The average molecular weight is 291 g/mol. The van der Waals surface area contributed by atoms with Gasteiger partial charge in [-0.3, -0.25) is 4.79 Å². The van der Waals surface area contributed by atoms with E-state index in [0.29, 0.717) is 30.0 Å². The van der Waals surface area contributed by atoms with E-state index in [-0.39, 0.29) is 5.91 Å². The fraction of sp³-hybridized carbons (Fsp3) is 0.286. The molecule has 0 bridgehead atoms. The van der Waals surface area contributed by atoms with Gasteiger partial charge in [0.1, 0.15) is 5.75 Å². The highest BCUT2D eigenvalue weighted by Crippen LogP contribution is 2.19. The second-order valence-electron chi connectivity index (χ2n) is 4.34. The molecule has 1 aromatic carbocycles. The topological polar surface area (TPSA) is 77.2 Å². The van der Waals surface area contributed by atoms with Gasteiger partial charge in [-0.25, -0.2) is 4.98 Å². The summed E-state index contributed by atoms with van der Waals surface area (Å²) in [5, 5.41) is 5.85. The van der Waals surface area contributed by atoms with Crippen molar-refractivity contribution in [2.24, 2.45) is 0 Å². The average Bonchev–Trinajstić information content (AvgIpc) is 2.85. The SMILES string of the molecule is COc1ccc(N)c(C(=O)NCCc2nc(C)cs2)c1. The first kappa shape index (κ1) is 14.3. The third-order valence-corrected chi connectivity index (χ3v) is 3.82. The van der Waals surface area contributed by atoms with Crippen LogP contribution in [0, 0.1) is 6.92 Å². The van der Waals surface area contributed by atoms with Crippen molar-refractivity contribution in [1.29, 1.82) is 0 Å². The van der Waals surface area contributed by atoms with Crippen LogP contribution in [0.4, 0.5) is 5.69 Å². The van der Waals surface area contributed by atoms with E-state index in [1.807, 2.05) is 12.3 Å². The van der Waals surface area contributed by atoms with E-state index in [0.717, 1.165) is 10.7 Å². The Morgan fingerprint density at radius 2 is 2.30 bits per heavy atom. The first-order chi connectivity index (χ1) is 9.60. The molecule has 0 fully saturated rings. The Bertz CT molecular complexity index is 610. The molecule has 0 unspecified atom stereocenters. The number of aryl methyl sites for hydroxylation is 1. The zero-order valence-corrected chi connectivity index (χ0v) is 12.3. The van der Waals surface area contributed by atoms with Gasteiger partial charge in [-0.1, -0.05) is 0 Å². The summed E-state index contributed by atoms with van der Waals surface area (Å²) in [5.41, 5.74) is 7.68. The van der Waals surface area contributed by atoms with Crippen LogP contribution in [0.25, 0.3) is 0 Å². The second-order valence-corrected chi connectivity index (χ2v) is 5.28. The van der Waals surface area contributed by atoms with E-state index in [2.05, 4.69) is 10.3 Å². The number of nitrogen functional groups attached to an aromatic ring is 1. The van der Waals surface area contributed by atoms with Gasteiger partial charge >= 0.3 is 0 Å². The number of hydrogen-bond acceptors (Lipinski definition) is 5. The first-order valence-corrected chi connectivity index (χ1v) is 7.11. The van der Waals surface area contributed by atoms with Crippen molar-refractivity contribution in [2.75, 3.05) is 19.4 Å². The van der Waals surface area contributed by atoms with Crippen molar-refractivity contribution in [3.05, 3.63) is 39.8 Å². The van der Waals surface area contributed by atoms with Crippen LogP contribution in [0.3, 0.4) is 0 Å². The summed E-state index contributed by atoms with van der Waals surface area (Å²) in [7, 11) is 1.55. The van der Waals surface area contributed by atoms with Crippen LogP contribution in [-0.4, -0.2) is 24.5 Å². The van der Waals surface area contributed by atoms with Gasteiger partial charge in [-0.05, 0) is 25.1 Å². The number of rotatable bonds is 5. The minimum Gasteiger partial charge on any atom is -0.497 e. The molecule has 0 aliphatic heterocycles. The Balaban J connectivity index is 1.94. The van der Waals surface area contributed by atoms with E-state index < -0.39 is 0 Å². The van der Waals surface area contributed by atoms with Gasteiger partial charge in [0.05, 0.1) is 17.7 Å². The molecule has 6 heteroatoms. The predicted octanol–water partition coefficient (Wildman–Crippen LogP) is 2.01. The van der Waals surface area contributed by atoms with Gasteiger partial charge in [0, 0.05) is 29.7 Å². The number of amides is 1. The number of anilines is 1. The lowest BCUT2D eigenvalue weighted by Crippen LogP contribution is -2.26. The number of carbonyl (C=O) groups excluding carboxylic acids is 1. The molecule has 1 aromatic heterocycles. The number of hydrogen-bond donors (Lipinski definition) is 2. The van der Waals surface area contributed by atoms with Crippen LogP contribution < -0.4 is 15.8 Å². The summed E-state index contributed by atoms with van der Waals surface area (Å²) in [5.74, 6) is 0.412. The Hall–Kier alpha value is -2.08. The molecule has 2 aromatic rings. The highest BCUT2D eigenvalue weighted by atomic mass is 32.1. The molecule has 1 amide bonds. The summed E-state index contributed by atoms with van der Waals surface area (Å²) in [6, 6.07) is 5.03. The molecule has 0 atom stereocenters. The molecule has 0 aliphatic carbocycles. The van der Waals surface area contributed by atoms with E-state index in [1.54, 1.807) is 36.6 Å². The third-order valence-electron chi connectivity index (χ3n) is 2.80. The Morgan fingerprint density at radius 1 is 1.50 bits per heavy atom. The number of benzene rings is 1. The van der Waals surface area contributed by atoms with Gasteiger partial charge in [-0.2, -0.15) is 0 Å². The van der Waals surface area contributed by atoms with Crippen LogP contribution >= 0.6 is 11.3 Å². The molecule has 106 valence electrons. The third kappa shape index (κ3) is 3.48. The number of nitrogens with zero attached hydrogens (tertiary/aromatic N) is 1. The molecule has 0 spiro atoms. The quantitative estimate of drug-likeness (QED) is 0.826. The van der Waals surface area contributed by atoms with Crippen molar-refractivity contribution in [3.8, 4) is 5.75 Å². The fourth-order valence-corrected chi connectivity index (χ4v) is 2.53. The first-order valence-electron chi connectivity index (χ1n) is 6.23. The van der Waals surface area contributed by atoms with Gasteiger partial charge in [-0.15, -0.1) is 11.3 Å². The number of nitrogens with two attached hydrogens (primary N) is 1. The smallest absolute Gasteiger partial charge is 0.253 e. The van der Waals surface area contributed by atoms with Crippen LogP contribution in [-0.2, 0) is 6.42 Å². The lowest BCUT2D eigenvalue weighted by molar-refractivity contribution is 0.0954. The molecule has 20 heavy (non-hydrogen) atoms. The van der Waals surface area contributed by atoms with E-state index >= 15 is 0 Å². The fourth-order valence-electron chi connectivity index (χ4n) is 1.75. The van der Waals surface area contributed by atoms with Crippen molar-refractivity contribution in [2.45, 2.75) is 13.3 Å². The standard InChI is InChI=1S/C14H17N3O2S/c1-9-8-20-13(17-9)5-6-16-14(18)11-7-10(19-2)3-4-12(11)15/h3-4,7-8H,5-6,15H2,1-2H3,(H,16,18). The van der Waals surface area contributed by atoms with E-state index in [4.69, 9.17) is 10.5 Å². The normalized spacial score (nSPS) is 10.3. The van der Waals surface area contributed by atoms with Crippen LogP contribution in [0.5, 0.6) is 5.75 Å². The summed E-state index contributed by atoms with van der Waals surface area (Å²) in [6.07, 6.45) is 0.716. The molecule has 0 saturated heterocycles.